The third-order valence-electron chi connectivity index (χ3n) is 1.69. The summed E-state index contributed by atoms with van der Waals surface area (Å²) < 4.78 is 0. The smallest absolute Gasteiger partial charge is 0.0445 e. The summed E-state index contributed by atoms with van der Waals surface area (Å²) in [6.45, 7) is 2.58. The van der Waals surface area contributed by atoms with Crippen molar-refractivity contribution in [3.8, 4) is 0 Å². The first-order valence-electron chi connectivity index (χ1n) is 4.31. The Morgan fingerprint density at radius 2 is 2.00 bits per heavy atom. The minimum absolute atomic E-state index is 0.578. The molecule has 0 spiro atoms. The number of benzene rings is 1. The average molecular weight is 177 g/mol. The summed E-state index contributed by atoms with van der Waals surface area (Å²) in [5.41, 5.74) is 2.30. The molecule has 0 radical (unpaired) electrons. The molecule has 2 heteroatoms. The quantitative estimate of drug-likeness (QED) is 0.717. The molecular formula is C11H15NO. The van der Waals surface area contributed by atoms with Crippen LogP contribution in [0.4, 0.5) is 0 Å². The van der Waals surface area contributed by atoms with Gasteiger partial charge in [-0.25, -0.2) is 0 Å². The molecule has 1 aromatic carbocycles. The van der Waals surface area contributed by atoms with E-state index in [1.54, 1.807) is 7.05 Å². The monoisotopic (exact) mass is 177 g/mol. The van der Waals surface area contributed by atoms with E-state index in [9.17, 15) is 0 Å². The Kier molecular flexibility index (Phi) is 3.68. The van der Waals surface area contributed by atoms with Crippen molar-refractivity contribution >= 4 is 6.08 Å². The minimum Gasteiger partial charge on any atom is -0.314 e. The molecule has 0 aliphatic heterocycles. The van der Waals surface area contributed by atoms with E-state index in [-0.39, 0.29) is 0 Å². The van der Waals surface area contributed by atoms with Crippen LogP contribution in [0.1, 0.15) is 12.5 Å². The molecule has 0 atom stereocenters. The molecule has 0 saturated carbocycles. The number of hydrogen-bond acceptors (Lipinski definition) is 2. The highest BCUT2D eigenvalue weighted by Crippen LogP contribution is 2.06. The fourth-order valence-electron chi connectivity index (χ4n) is 1.24. The third kappa shape index (κ3) is 3.87. The summed E-state index contributed by atoms with van der Waals surface area (Å²) in [7, 11) is 1.64. The van der Waals surface area contributed by atoms with Crippen molar-refractivity contribution < 1.29 is 5.21 Å². The molecule has 0 aromatic heterocycles. The van der Waals surface area contributed by atoms with Gasteiger partial charge in [-0.2, -0.15) is 5.06 Å². The van der Waals surface area contributed by atoms with E-state index in [0.29, 0.717) is 6.54 Å². The van der Waals surface area contributed by atoms with Crippen molar-refractivity contribution in [1.29, 1.82) is 0 Å². The largest absolute Gasteiger partial charge is 0.314 e. The zero-order chi connectivity index (χ0) is 9.68. The van der Waals surface area contributed by atoms with E-state index in [1.165, 1.54) is 10.6 Å². The van der Waals surface area contributed by atoms with Gasteiger partial charge < -0.3 is 5.21 Å². The zero-order valence-electron chi connectivity index (χ0n) is 8.07. The van der Waals surface area contributed by atoms with Crippen molar-refractivity contribution in [2.45, 2.75) is 6.92 Å². The van der Waals surface area contributed by atoms with E-state index < -0.39 is 0 Å². The lowest BCUT2D eigenvalue weighted by Gasteiger charge is -2.07. The maximum Gasteiger partial charge on any atom is 0.0445 e. The molecule has 1 rings (SSSR count). The first-order valence-corrected chi connectivity index (χ1v) is 4.31. The van der Waals surface area contributed by atoms with Gasteiger partial charge in [0.15, 0.2) is 0 Å². The molecule has 0 amide bonds. The van der Waals surface area contributed by atoms with Crippen molar-refractivity contribution in [3.05, 3.63) is 41.5 Å². The summed E-state index contributed by atoms with van der Waals surface area (Å²) in [6.07, 6.45) is 2.06. The number of hydrogen-bond donors (Lipinski definition) is 1. The lowest BCUT2D eigenvalue weighted by Crippen LogP contribution is -2.14. The van der Waals surface area contributed by atoms with Crippen LogP contribution in [0.25, 0.3) is 6.08 Å². The topological polar surface area (TPSA) is 23.5 Å². The molecule has 0 aliphatic carbocycles. The van der Waals surface area contributed by atoms with Gasteiger partial charge in [-0.1, -0.05) is 42.0 Å². The molecule has 0 saturated heterocycles. The van der Waals surface area contributed by atoms with E-state index in [0.717, 1.165) is 5.57 Å². The van der Waals surface area contributed by atoms with Crippen LogP contribution in [0.5, 0.6) is 0 Å². The summed E-state index contributed by atoms with van der Waals surface area (Å²) in [5, 5.41) is 10.2. The SMILES string of the molecule is C/C(=C\c1ccccc1)CN(C)O. The number of likely N-dealkylation sites (N-methyl/N-ethyl adjacent to an activating group) is 1. The van der Waals surface area contributed by atoms with Crippen LogP contribution in [0.15, 0.2) is 35.9 Å². The molecule has 0 aliphatic rings. The molecular weight excluding hydrogens is 162 g/mol. The Morgan fingerprint density at radius 1 is 1.38 bits per heavy atom. The van der Waals surface area contributed by atoms with E-state index in [2.05, 4.69) is 6.08 Å². The lowest BCUT2D eigenvalue weighted by atomic mass is 10.1. The number of rotatable bonds is 3. The molecule has 2 nitrogen and oxygen atoms in total. The molecule has 1 N–H and O–H groups in total. The first kappa shape index (κ1) is 9.96. The second kappa shape index (κ2) is 4.80. The van der Waals surface area contributed by atoms with Gasteiger partial charge in [0.1, 0.15) is 0 Å². The summed E-state index contributed by atoms with van der Waals surface area (Å²) in [5.74, 6) is 0. The fourth-order valence-corrected chi connectivity index (χ4v) is 1.24. The molecule has 0 heterocycles. The van der Waals surface area contributed by atoms with Crippen molar-refractivity contribution in [2.24, 2.45) is 0 Å². The fraction of sp³-hybridized carbons (Fsp3) is 0.273. The molecule has 70 valence electrons. The van der Waals surface area contributed by atoms with E-state index >= 15 is 0 Å². The van der Waals surface area contributed by atoms with Gasteiger partial charge >= 0.3 is 0 Å². The molecule has 0 bridgehead atoms. The van der Waals surface area contributed by atoms with Gasteiger partial charge in [-0.05, 0) is 12.5 Å². The summed E-state index contributed by atoms with van der Waals surface area (Å²) >= 11 is 0. The van der Waals surface area contributed by atoms with Crippen LogP contribution >= 0.6 is 0 Å². The van der Waals surface area contributed by atoms with Gasteiger partial charge in [-0.3, -0.25) is 0 Å². The third-order valence-corrected chi connectivity index (χ3v) is 1.69. The van der Waals surface area contributed by atoms with Gasteiger partial charge in [0.05, 0.1) is 0 Å². The van der Waals surface area contributed by atoms with Crippen molar-refractivity contribution in [1.82, 2.24) is 5.06 Å². The molecule has 1 aromatic rings. The normalized spacial score (nSPS) is 12.2. The molecule has 0 fully saturated rings. The zero-order valence-corrected chi connectivity index (χ0v) is 8.07. The Labute approximate surface area is 79.1 Å². The Hall–Kier alpha value is -1.12. The van der Waals surface area contributed by atoms with E-state index in [1.807, 2.05) is 37.3 Å². The Morgan fingerprint density at radius 3 is 2.54 bits per heavy atom. The summed E-state index contributed by atoms with van der Waals surface area (Å²) in [6, 6.07) is 10.1. The Bertz CT molecular complexity index is 277. The van der Waals surface area contributed by atoms with Gasteiger partial charge in [0.2, 0.25) is 0 Å². The number of hydroxylamine groups is 2. The highest BCUT2D eigenvalue weighted by molar-refractivity contribution is 5.52. The van der Waals surface area contributed by atoms with Gasteiger partial charge in [0.25, 0.3) is 0 Å². The number of nitrogens with zero attached hydrogens (tertiary/aromatic N) is 1. The highest BCUT2D eigenvalue weighted by Gasteiger charge is 1.93. The second-order valence-corrected chi connectivity index (χ2v) is 3.22. The van der Waals surface area contributed by atoms with Crippen LogP contribution in [0.2, 0.25) is 0 Å². The van der Waals surface area contributed by atoms with Crippen molar-refractivity contribution in [3.63, 3.8) is 0 Å². The highest BCUT2D eigenvalue weighted by atomic mass is 16.5. The van der Waals surface area contributed by atoms with Crippen LogP contribution in [0, 0.1) is 0 Å². The van der Waals surface area contributed by atoms with Gasteiger partial charge in [0, 0.05) is 13.6 Å². The maximum absolute atomic E-state index is 8.99. The Balaban J connectivity index is 2.66. The summed E-state index contributed by atoms with van der Waals surface area (Å²) in [4.78, 5) is 0. The first-order chi connectivity index (χ1) is 6.18. The van der Waals surface area contributed by atoms with Crippen LogP contribution in [0.3, 0.4) is 0 Å². The second-order valence-electron chi connectivity index (χ2n) is 3.22. The molecule has 13 heavy (non-hydrogen) atoms. The lowest BCUT2D eigenvalue weighted by molar-refractivity contribution is -0.0555. The van der Waals surface area contributed by atoms with Gasteiger partial charge in [-0.15, -0.1) is 0 Å². The predicted molar refractivity (Wildman–Crippen MR) is 54.5 cm³/mol. The minimum atomic E-state index is 0.578. The van der Waals surface area contributed by atoms with Crippen LogP contribution in [-0.4, -0.2) is 23.9 Å². The maximum atomic E-state index is 8.99. The molecule has 0 unspecified atom stereocenters. The van der Waals surface area contributed by atoms with Crippen molar-refractivity contribution in [2.75, 3.05) is 13.6 Å². The predicted octanol–water partition coefficient (Wildman–Crippen LogP) is 2.41. The standard InChI is InChI=1S/C11H15NO/c1-10(9-12(2)13)8-11-6-4-3-5-7-11/h3-8,13H,9H2,1-2H3/b10-8+. The van der Waals surface area contributed by atoms with Crippen LogP contribution < -0.4 is 0 Å². The van der Waals surface area contributed by atoms with Crippen LogP contribution in [-0.2, 0) is 0 Å². The average Bonchev–Trinajstić information content (AvgIpc) is 2.04. The van der Waals surface area contributed by atoms with E-state index in [4.69, 9.17) is 5.21 Å².